The second-order valence-electron chi connectivity index (χ2n) is 4.66. The van der Waals surface area contributed by atoms with Gasteiger partial charge in [0.05, 0.1) is 12.1 Å². The molecular weight excluding hydrogens is 224 g/mol. The van der Waals surface area contributed by atoms with Crippen molar-refractivity contribution in [2.75, 3.05) is 18.5 Å². The third-order valence-electron chi connectivity index (χ3n) is 1.82. The largest absolute Gasteiger partial charge is 0.461 e. The van der Waals surface area contributed by atoms with E-state index in [-0.39, 0.29) is 11.4 Å². The van der Waals surface area contributed by atoms with Gasteiger partial charge in [0, 0.05) is 6.54 Å². The summed E-state index contributed by atoms with van der Waals surface area (Å²) >= 11 is 1.42. The number of esters is 1. The molecule has 0 unspecified atom stereocenters. The first-order valence-electron chi connectivity index (χ1n) is 5.28. The van der Waals surface area contributed by atoms with E-state index in [0.29, 0.717) is 12.3 Å². The number of aromatic nitrogens is 1. The van der Waals surface area contributed by atoms with Gasteiger partial charge in [0.2, 0.25) is 0 Å². The summed E-state index contributed by atoms with van der Waals surface area (Å²) in [5.74, 6) is -0.361. The van der Waals surface area contributed by atoms with Crippen LogP contribution in [0.15, 0.2) is 5.51 Å². The van der Waals surface area contributed by atoms with Crippen LogP contribution in [0.1, 0.15) is 38.2 Å². The van der Waals surface area contributed by atoms with E-state index in [1.807, 2.05) is 0 Å². The molecule has 0 saturated carbocycles. The summed E-state index contributed by atoms with van der Waals surface area (Å²) in [4.78, 5) is 15.5. The molecule has 0 aliphatic rings. The molecule has 4 nitrogen and oxygen atoms in total. The molecule has 0 aliphatic heterocycles. The Morgan fingerprint density at radius 2 is 2.25 bits per heavy atom. The van der Waals surface area contributed by atoms with Crippen molar-refractivity contribution in [3.05, 3.63) is 11.2 Å². The van der Waals surface area contributed by atoms with Crippen LogP contribution in [-0.2, 0) is 4.74 Å². The number of ether oxygens (including phenoxy) is 1. The Hall–Kier alpha value is -1.10. The smallest absolute Gasteiger partial charge is 0.360 e. The third kappa shape index (κ3) is 3.81. The summed E-state index contributed by atoms with van der Waals surface area (Å²) in [5.41, 5.74) is 2.20. The van der Waals surface area contributed by atoms with Crippen LogP contribution in [-0.4, -0.2) is 24.1 Å². The van der Waals surface area contributed by atoms with Crippen LogP contribution in [0.2, 0.25) is 0 Å². The number of carbonyl (C=O) groups is 1. The summed E-state index contributed by atoms with van der Waals surface area (Å²) < 4.78 is 4.92. The zero-order chi connectivity index (χ0) is 12.2. The Balaban J connectivity index is 2.67. The maximum atomic E-state index is 11.5. The maximum Gasteiger partial charge on any atom is 0.360 e. The molecule has 0 amide bonds. The van der Waals surface area contributed by atoms with Crippen molar-refractivity contribution in [3.63, 3.8) is 0 Å². The van der Waals surface area contributed by atoms with Gasteiger partial charge >= 0.3 is 5.97 Å². The van der Waals surface area contributed by atoms with Gasteiger partial charge in [-0.25, -0.2) is 9.78 Å². The van der Waals surface area contributed by atoms with Crippen LogP contribution < -0.4 is 5.32 Å². The molecule has 16 heavy (non-hydrogen) atoms. The van der Waals surface area contributed by atoms with Crippen LogP contribution in [0.4, 0.5) is 5.00 Å². The lowest BCUT2D eigenvalue weighted by Gasteiger charge is -2.18. The summed E-state index contributed by atoms with van der Waals surface area (Å²) in [6, 6.07) is 0. The number of nitrogens with zero attached hydrogens (tertiary/aromatic N) is 1. The Morgan fingerprint density at radius 1 is 1.56 bits per heavy atom. The van der Waals surface area contributed by atoms with Crippen molar-refractivity contribution < 1.29 is 9.53 Å². The summed E-state index contributed by atoms with van der Waals surface area (Å²) in [7, 11) is 0. The molecule has 5 heteroatoms. The Morgan fingerprint density at radius 3 is 2.81 bits per heavy atom. The van der Waals surface area contributed by atoms with E-state index in [1.54, 1.807) is 12.4 Å². The number of carbonyl (C=O) groups excluding carboxylic acids is 1. The lowest BCUT2D eigenvalue weighted by molar-refractivity contribution is 0.0521. The fraction of sp³-hybridized carbons (Fsp3) is 0.636. The van der Waals surface area contributed by atoms with Gasteiger partial charge in [0.1, 0.15) is 5.00 Å². The molecule has 1 aromatic heterocycles. The van der Waals surface area contributed by atoms with E-state index in [9.17, 15) is 4.79 Å². The Labute approximate surface area is 100 Å². The second-order valence-corrected chi connectivity index (χ2v) is 5.52. The first kappa shape index (κ1) is 13.0. The zero-order valence-electron chi connectivity index (χ0n) is 10.2. The average molecular weight is 242 g/mol. The number of hydrogen-bond donors (Lipinski definition) is 1. The predicted octanol–water partition coefficient (Wildman–Crippen LogP) is 2.78. The topological polar surface area (TPSA) is 51.2 Å². The molecule has 1 N–H and O–H groups in total. The van der Waals surface area contributed by atoms with Crippen molar-refractivity contribution in [2.45, 2.75) is 27.7 Å². The molecule has 1 aromatic rings. The molecule has 90 valence electrons. The molecule has 0 atom stereocenters. The van der Waals surface area contributed by atoms with Crippen LogP contribution in [0.5, 0.6) is 0 Å². The van der Waals surface area contributed by atoms with E-state index in [0.717, 1.165) is 11.5 Å². The van der Waals surface area contributed by atoms with Crippen molar-refractivity contribution in [2.24, 2.45) is 5.41 Å². The number of nitrogens with one attached hydrogen (secondary N) is 1. The minimum atomic E-state index is -0.361. The van der Waals surface area contributed by atoms with Crippen LogP contribution in [0.3, 0.4) is 0 Å². The molecule has 1 rings (SSSR count). The first-order valence-corrected chi connectivity index (χ1v) is 6.16. The number of thiazole rings is 1. The van der Waals surface area contributed by atoms with E-state index in [1.165, 1.54) is 11.3 Å². The molecule has 0 saturated heterocycles. The molecular formula is C11H18N2O2S. The van der Waals surface area contributed by atoms with Crippen LogP contribution >= 0.6 is 11.3 Å². The van der Waals surface area contributed by atoms with Crippen molar-refractivity contribution in [1.82, 2.24) is 4.98 Å². The SMILES string of the molecule is CCOC(=O)c1ncsc1NCC(C)(C)C. The van der Waals surface area contributed by atoms with E-state index < -0.39 is 0 Å². The summed E-state index contributed by atoms with van der Waals surface area (Å²) in [6.07, 6.45) is 0. The van der Waals surface area contributed by atoms with Gasteiger partial charge in [0.15, 0.2) is 5.69 Å². The number of hydrogen-bond acceptors (Lipinski definition) is 5. The standard InChI is InChI=1S/C11H18N2O2S/c1-5-15-10(14)8-9(16-7-13-8)12-6-11(2,3)4/h7,12H,5-6H2,1-4H3. The summed E-state index contributed by atoms with van der Waals surface area (Å²) in [6.45, 7) is 9.34. The molecule has 1 heterocycles. The minimum absolute atomic E-state index is 0.163. The van der Waals surface area contributed by atoms with Crippen molar-refractivity contribution >= 4 is 22.3 Å². The first-order chi connectivity index (χ1) is 7.44. The van der Waals surface area contributed by atoms with E-state index in [2.05, 4.69) is 31.1 Å². The van der Waals surface area contributed by atoms with Gasteiger partial charge in [-0.05, 0) is 12.3 Å². The zero-order valence-corrected chi connectivity index (χ0v) is 11.0. The highest BCUT2D eigenvalue weighted by Gasteiger charge is 2.17. The third-order valence-corrected chi connectivity index (χ3v) is 2.60. The number of rotatable bonds is 4. The van der Waals surface area contributed by atoms with Crippen LogP contribution in [0, 0.1) is 5.41 Å². The quantitative estimate of drug-likeness (QED) is 0.825. The van der Waals surface area contributed by atoms with Crippen LogP contribution in [0.25, 0.3) is 0 Å². The Bertz CT molecular complexity index is 355. The lowest BCUT2D eigenvalue weighted by Crippen LogP contribution is -2.20. The molecule has 0 spiro atoms. The van der Waals surface area contributed by atoms with Gasteiger partial charge in [-0.1, -0.05) is 20.8 Å². The maximum absolute atomic E-state index is 11.5. The van der Waals surface area contributed by atoms with Gasteiger partial charge in [0.25, 0.3) is 0 Å². The highest BCUT2D eigenvalue weighted by Crippen LogP contribution is 2.23. The monoisotopic (exact) mass is 242 g/mol. The highest BCUT2D eigenvalue weighted by molar-refractivity contribution is 7.14. The van der Waals surface area contributed by atoms with E-state index in [4.69, 9.17) is 4.74 Å². The molecule has 0 aromatic carbocycles. The molecule has 0 bridgehead atoms. The van der Waals surface area contributed by atoms with Gasteiger partial charge in [-0.3, -0.25) is 0 Å². The number of anilines is 1. The van der Waals surface area contributed by atoms with Gasteiger partial charge < -0.3 is 10.1 Å². The predicted molar refractivity (Wildman–Crippen MR) is 66.0 cm³/mol. The highest BCUT2D eigenvalue weighted by atomic mass is 32.1. The van der Waals surface area contributed by atoms with E-state index >= 15 is 0 Å². The Kier molecular flexibility index (Phi) is 4.29. The van der Waals surface area contributed by atoms with Gasteiger partial charge in [-0.2, -0.15) is 0 Å². The second kappa shape index (κ2) is 5.30. The normalized spacial score (nSPS) is 11.2. The molecule has 0 fully saturated rings. The van der Waals surface area contributed by atoms with Gasteiger partial charge in [-0.15, -0.1) is 11.3 Å². The molecule has 0 aliphatic carbocycles. The average Bonchev–Trinajstić information content (AvgIpc) is 2.61. The fourth-order valence-corrected chi connectivity index (χ4v) is 1.73. The molecule has 0 radical (unpaired) electrons. The van der Waals surface area contributed by atoms with Crippen molar-refractivity contribution in [3.8, 4) is 0 Å². The fourth-order valence-electron chi connectivity index (χ4n) is 1.06. The van der Waals surface area contributed by atoms with Crippen molar-refractivity contribution in [1.29, 1.82) is 0 Å². The summed E-state index contributed by atoms with van der Waals surface area (Å²) in [5, 5.41) is 4.01. The lowest BCUT2D eigenvalue weighted by atomic mass is 9.97. The minimum Gasteiger partial charge on any atom is -0.461 e.